The third kappa shape index (κ3) is 4.03. The zero-order valence-electron chi connectivity index (χ0n) is 14.6. The van der Waals surface area contributed by atoms with E-state index < -0.39 is 0 Å². The van der Waals surface area contributed by atoms with Gasteiger partial charge in [0.2, 0.25) is 6.79 Å². The standard InChI is InChI=1S/C20H19NO5/c1-21(2)19(23)12-24-16-7-3-6-15(11-16)17(22)10-9-14-5-4-8-18-20(14)26-13-25-18/h3-11H,12-13H2,1-2H3/b10-9+. The third-order valence-electron chi connectivity index (χ3n) is 3.82. The average Bonchev–Trinajstić information content (AvgIpc) is 3.13. The summed E-state index contributed by atoms with van der Waals surface area (Å²) in [6.45, 7) is 0.104. The van der Waals surface area contributed by atoms with E-state index in [1.165, 1.54) is 11.0 Å². The van der Waals surface area contributed by atoms with E-state index in [-0.39, 0.29) is 25.1 Å². The highest BCUT2D eigenvalue weighted by Crippen LogP contribution is 2.36. The number of hydrogen-bond donors (Lipinski definition) is 0. The molecule has 0 radical (unpaired) electrons. The Bertz CT molecular complexity index is 857. The molecule has 0 bridgehead atoms. The molecule has 1 aliphatic heterocycles. The molecule has 2 aromatic rings. The summed E-state index contributed by atoms with van der Waals surface area (Å²) >= 11 is 0. The van der Waals surface area contributed by atoms with Crippen LogP contribution in [-0.2, 0) is 4.79 Å². The summed E-state index contributed by atoms with van der Waals surface area (Å²) in [5.41, 5.74) is 1.25. The van der Waals surface area contributed by atoms with Crippen LogP contribution in [0.25, 0.3) is 6.08 Å². The van der Waals surface area contributed by atoms with Crippen LogP contribution in [0.1, 0.15) is 15.9 Å². The molecular weight excluding hydrogens is 334 g/mol. The van der Waals surface area contributed by atoms with Crippen molar-refractivity contribution in [3.63, 3.8) is 0 Å². The Labute approximate surface area is 151 Å². The number of amides is 1. The van der Waals surface area contributed by atoms with Crippen molar-refractivity contribution in [3.05, 3.63) is 59.7 Å². The van der Waals surface area contributed by atoms with Crippen LogP contribution < -0.4 is 14.2 Å². The molecule has 1 amide bonds. The van der Waals surface area contributed by atoms with Crippen LogP contribution in [0.3, 0.4) is 0 Å². The molecule has 0 unspecified atom stereocenters. The van der Waals surface area contributed by atoms with Crippen LogP contribution in [0.15, 0.2) is 48.5 Å². The van der Waals surface area contributed by atoms with E-state index in [0.717, 1.165) is 5.56 Å². The molecule has 2 aromatic carbocycles. The number of carbonyl (C=O) groups is 2. The van der Waals surface area contributed by atoms with Crippen molar-refractivity contribution in [1.29, 1.82) is 0 Å². The fourth-order valence-electron chi connectivity index (χ4n) is 2.36. The number of carbonyl (C=O) groups excluding carboxylic acids is 2. The van der Waals surface area contributed by atoms with Crippen LogP contribution in [-0.4, -0.2) is 44.1 Å². The highest BCUT2D eigenvalue weighted by molar-refractivity contribution is 6.07. The van der Waals surface area contributed by atoms with Gasteiger partial charge in [-0.2, -0.15) is 0 Å². The zero-order chi connectivity index (χ0) is 18.5. The Morgan fingerprint density at radius 3 is 2.77 bits per heavy atom. The monoisotopic (exact) mass is 353 g/mol. The lowest BCUT2D eigenvalue weighted by atomic mass is 10.1. The Morgan fingerprint density at radius 1 is 1.15 bits per heavy atom. The van der Waals surface area contributed by atoms with Crippen molar-refractivity contribution < 1.29 is 23.8 Å². The van der Waals surface area contributed by atoms with Crippen LogP contribution in [0.5, 0.6) is 17.2 Å². The number of para-hydroxylation sites is 1. The molecular formula is C20H19NO5. The Balaban J connectivity index is 1.69. The van der Waals surface area contributed by atoms with Gasteiger partial charge in [-0.3, -0.25) is 9.59 Å². The highest BCUT2D eigenvalue weighted by Gasteiger charge is 2.15. The third-order valence-corrected chi connectivity index (χ3v) is 3.82. The summed E-state index contributed by atoms with van der Waals surface area (Å²) in [5.74, 6) is 1.45. The smallest absolute Gasteiger partial charge is 0.259 e. The second-order valence-electron chi connectivity index (χ2n) is 5.88. The fourth-order valence-corrected chi connectivity index (χ4v) is 2.36. The summed E-state index contributed by atoms with van der Waals surface area (Å²) in [7, 11) is 3.32. The molecule has 0 aromatic heterocycles. The van der Waals surface area contributed by atoms with Crippen molar-refractivity contribution in [2.24, 2.45) is 0 Å². The number of fused-ring (bicyclic) bond motifs is 1. The van der Waals surface area contributed by atoms with E-state index in [1.54, 1.807) is 44.4 Å². The van der Waals surface area contributed by atoms with Gasteiger partial charge in [-0.1, -0.05) is 24.3 Å². The summed E-state index contributed by atoms with van der Waals surface area (Å²) < 4.78 is 16.2. The maximum Gasteiger partial charge on any atom is 0.259 e. The van der Waals surface area contributed by atoms with E-state index in [9.17, 15) is 9.59 Å². The maximum atomic E-state index is 12.4. The number of rotatable bonds is 6. The van der Waals surface area contributed by atoms with Gasteiger partial charge in [-0.25, -0.2) is 0 Å². The quantitative estimate of drug-likeness (QED) is 0.590. The SMILES string of the molecule is CN(C)C(=O)COc1cccc(C(=O)/C=C/c2cccc3c2OCO3)c1. The van der Waals surface area contributed by atoms with E-state index in [0.29, 0.717) is 22.8 Å². The molecule has 6 heteroatoms. The lowest BCUT2D eigenvalue weighted by Crippen LogP contribution is -2.27. The van der Waals surface area contributed by atoms with Crippen LogP contribution in [0, 0.1) is 0 Å². The Kier molecular flexibility index (Phi) is 5.22. The van der Waals surface area contributed by atoms with Gasteiger partial charge in [0.15, 0.2) is 23.9 Å². The summed E-state index contributed by atoms with van der Waals surface area (Å²) in [6, 6.07) is 12.2. The molecule has 26 heavy (non-hydrogen) atoms. The van der Waals surface area contributed by atoms with Gasteiger partial charge >= 0.3 is 0 Å². The van der Waals surface area contributed by atoms with Crippen molar-refractivity contribution in [2.45, 2.75) is 0 Å². The van der Waals surface area contributed by atoms with Crippen molar-refractivity contribution >= 4 is 17.8 Å². The lowest BCUT2D eigenvalue weighted by Gasteiger charge is -2.11. The molecule has 0 atom stereocenters. The average molecular weight is 353 g/mol. The van der Waals surface area contributed by atoms with Crippen molar-refractivity contribution in [3.8, 4) is 17.2 Å². The summed E-state index contributed by atoms with van der Waals surface area (Å²) in [4.78, 5) is 25.5. The van der Waals surface area contributed by atoms with Gasteiger partial charge < -0.3 is 19.1 Å². The second kappa shape index (κ2) is 7.74. The van der Waals surface area contributed by atoms with E-state index in [2.05, 4.69) is 0 Å². The normalized spacial score (nSPS) is 12.2. The van der Waals surface area contributed by atoms with Crippen LogP contribution in [0.2, 0.25) is 0 Å². The number of ketones is 1. The van der Waals surface area contributed by atoms with Crippen molar-refractivity contribution in [1.82, 2.24) is 4.90 Å². The Hall–Kier alpha value is -3.28. The van der Waals surface area contributed by atoms with Crippen LogP contribution in [0.4, 0.5) is 0 Å². The molecule has 6 nitrogen and oxygen atoms in total. The minimum atomic E-state index is -0.175. The largest absolute Gasteiger partial charge is 0.484 e. The molecule has 134 valence electrons. The molecule has 0 spiro atoms. The van der Waals surface area contributed by atoms with Gasteiger partial charge in [-0.15, -0.1) is 0 Å². The summed E-state index contributed by atoms with van der Waals surface area (Å²) in [5, 5.41) is 0. The molecule has 1 heterocycles. The van der Waals surface area contributed by atoms with Gasteiger partial charge in [0.1, 0.15) is 5.75 Å². The molecule has 1 aliphatic rings. The first-order valence-corrected chi connectivity index (χ1v) is 8.08. The number of benzene rings is 2. The Morgan fingerprint density at radius 2 is 1.96 bits per heavy atom. The first-order valence-electron chi connectivity index (χ1n) is 8.08. The van der Waals surface area contributed by atoms with E-state index in [1.807, 2.05) is 18.2 Å². The summed E-state index contributed by atoms with van der Waals surface area (Å²) in [6.07, 6.45) is 3.17. The molecule has 3 rings (SSSR count). The minimum Gasteiger partial charge on any atom is -0.484 e. The predicted molar refractivity (Wildman–Crippen MR) is 96.6 cm³/mol. The maximum absolute atomic E-state index is 12.4. The molecule has 0 N–H and O–H groups in total. The molecule has 0 aliphatic carbocycles. The van der Waals surface area contributed by atoms with Gasteiger partial charge in [0.05, 0.1) is 0 Å². The first kappa shape index (κ1) is 17.5. The number of nitrogens with zero attached hydrogens (tertiary/aromatic N) is 1. The zero-order valence-corrected chi connectivity index (χ0v) is 14.6. The molecule has 0 saturated carbocycles. The molecule has 0 fully saturated rings. The van der Waals surface area contributed by atoms with E-state index in [4.69, 9.17) is 14.2 Å². The fraction of sp³-hybridized carbons (Fsp3) is 0.200. The highest BCUT2D eigenvalue weighted by atomic mass is 16.7. The predicted octanol–water partition coefficient (Wildman–Crippen LogP) is 2.78. The minimum absolute atomic E-state index is 0.0754. The number of allylic oxidation sites excluding steroid dienone is 1. The molecule has 0 saturated heterocycles. The van der Waals surface area contributed by atoms with Gasteiger partial charge in [0, 0.05) is 25.2 Å². The van der Waals surface area contributed by atoms with Crippen molar-refractivity contribution in [2.75, 3.05) is 27.5 Å². The number of likely N-dealkylation sites (N-methyl/N-ethyl adjacent to an activating group) is 1. The second-order valence-corrected chi connectivity index (χ2v) is 5.88. The number of hydrogen-bond acceptors (Lipinski definition) is 5. The van der Waals surface area contributed by atoms with Crippen LogP contribution >= 0.6 is 0 Å². The van der Waals surface area contributed by atoms with Gasteiger partial charge in [0.25, 0.3) is 5.91 Å². The first-order chi connectivity index (χ1) is 12.5. The van der Waals surface area contributed by atoms with E-state index >= 15 is 0 Å². The van der Waals surface area contributed by atoms with Gasteiger partial charge in [-0.05, 0) is 30.4 Å². The lowest BCUT2D eigenvalue weighted by molar-refractivity contribution is -0.130. The topological polar surface area (TPSA) is 65.1 Å². The number of ether oxygens (including phenoxy) is 3.